The average molecular weight is 396 g/mol. The fourth-order valence-corrected chi connectivity index (χ4v) is 3.68. The Labute approximate surface area is 176 Å². The Balaban J connectivity index is 1.58. The van der Waals surface area contributed by atoms with E-state index in [1.165, 1.54) is 5.56 Å². The number of carbonyl (C=O) groups is 1. The number of amides is 1. The molecule has 0 saturated heterocycles. The van der Waals surface area contributed by atoms with E-state index >= 15 is 0 Å². The van der Waals surface area contributed by atoms with Crippen molar-refractivity contribution in [2.75, 3.05) is 0 Å². The number of hydrazone groups is 1. The van der Waals surface area contributed by atoms with E-state index in [-0.39, 0.29) is 12.3 Å². The van der Waals surface area contributed by atoms with Gasteiger partial charge in [-0.25, -0.2) is 5.43 Å². The molecule has 4 aromatic rings. The van der Waals surface area contributed by atoms with Crippen LogP contribution in [-0.4, -0.2) is 21.2 Å². The first-order chi connectivity index (χ1) is 14.6. The van der Waals surface area contributed by atoms with E-state index in [2.05, 4.69) is 51.3 Å². The van der Waals surface area contributed by atoms with E-state index in [0.717, 1.165) is 34.4 Å². The van der Waals surface area contributed by atoms with Crippen molar-refractivity contribution in [3.05, 3.63) is 102 Å². The van der Waals surface area contributed by atoms with Gasteiger partial charge in [0.25, 0.3) is 0 Å². The fraction of sp³-hybridized carbons (Fsp3) is 0.160. The van der Waals surface area contributed by atoms with Gasteiger partial charge in [0.2, 0.25) is 5.91 Å². The molecule has 0 aliphatic rings. The molecule has 150 valence electrons. The van der Waals surface area contributed by atoms with E-state index < -0.39 is 0 Å². The summed E-state index contributed by atoms with van der Waals surface area (Å²) in [5.41, 5.74) is 8.59. The molecule has 2 aromatic carbocycles. The highest BCUT2D eigenvalue weighted by molar-refractivity contribution is 5.98. The number of nitrogens with zero attached hydrogens (tertiary/aromatic N) is 3. The van der Waals surface area contributed by atoms with Crippen LogP contribution in [0, 0.1) is 6.92 Å². The third-order valence-corrected chi connectivity index (χ3v) is 5.27. The summed E-state index contributed by atoms with van der Waals surface area (Å²) in [6.45, 7) is 4.68. The second kappa shape index (κ2) is 8.74. The van der Waals surface area contributed by atoms with Gasteiger partial charge in [-0.05, 0) is 43.2 Å². The van der Waals surface area contributed by atoms with Gasteiger partial charge in [-0.3, -0.25) is 9.78 Å². The summed E-state index contributed by atoms with van der Waals surface area (Å²) < 4.78 is 2.27. The smallest absolute Gasteiger partial charge is 0.244 e. The molecule has 5 heteroatoms. The molecular weight excluding hydrogens is 372 g/mol. The molecule has 0 saturated carbocycles. The molecule has 1 N–H and O–H groups in total. The zero-order valence-corrected chi connectivity index (χ0v) is 17.2. The van der Waals surface area contributed by atoms with Crippen LogP contribution in [0.2, 0.25) is 0 Å². The van der Waals surface area contributed by atoms with Gasteiger partial charge in [-0.1, -0.05) is 54.6 Å². The molecule has 5 nitrogen and oxygen atoms in total. The van der Waals surface area contributed by atoms with Crippen molar-refractivity contribution in [2.24, 2.45) is 5.10 Å². The number of pyridine rings is 1. The van der Waals surface area contributed by atoms with Crippen LogP contribution >= 0.6 is 0 Å². The topological polar surface area (TPSA) is 59.3 Å². The first-order valence-electron chi connectivity index (χ1n) is 9.98. The van der Waals surface area contributed by atoms with Gasteiger partial charge < -0.3 is 4.57 Å². The predicted molar refractivity (Wildman–Crippen MR) is 121 cm³/mol. The Morgan fingerprint density at radius 3 is 2.50 bits per heavy atom. The number of carbonyl (C=O) groups excluding carboxylic acids is 1. The number of hydrogen-bond acceptors (Lipinski definition) is 3. The fourth-order valence-electron chi connectivity index (χ4n) is 3.68. The minimum Gasteiger partial charge on any atom is -0.340 e. The Kier molecular flexibility index (Phi) is 5.70. The lowest BCUT2D eigenvalue weighted by molar-refractivity contribution is -0.120. The van der Waals surface area contributed by atoms with Crippen molar-refractivity contribution in [1.29, 1.82) is 0 Å². The molecule has 0 atom stereocenters. The lowest BCUT2D eigenvalue weighted by Crippen LogP contribution is -2.22. The standard InChI is InChI=1S/C25H24N4O/c1-18(23-13-8-9-15-26-23)27-28-25(30)16-22-19(2)29(17-20-10-4-3-5-11-20)24-14-7-6-12-21(22)24/h3-15H,16-17H2,1-2H3,(H,28,30)/b27-18-. The molecule has 1 amide bonds. The first-order valence-corrected chi connectivity index (χ1v) is 9.98. The van der Waals surface area contributed by atoms with E-state index in [9.17, 15) is 4.79 Å². The Morgan fingerprint density at radius 1 is 1.00 bits per heavy atom. The largest absolute Gasteiger partial charge is 0.340 e. The zero-order chi connectivity index (χ0) is 20.9. The second-order valence-electron chi connectivity index (χ2n) is 7.28. The maximum absolute atomic E-state index is 12.7. The SMILES string of the molecule is C/C(=N/NC(=O)Cc1c(C)n(Cc2ccccc2)c2ccccc12)c1ccccn1. The quantitative estimate of drug-likeness (QED) is 0.386. The number of benzene rings is 2. The van der Waals surface area contributed by atoms with Crippen molar-refractivity contribution >= 4 is 22.5 Å². The number of fused-ring (bicyclic) bond motifs is 1. The van der Waals surface area contributed by atoms with Crippen LogP contribution in [-0.2, 0) is 17.8 Å². The summed E-state index contributed by atoms with van der Waals surface area (Å²) in [4.78, 5) is 16.9. The van der Waals surface area contributed by atoms with Crippen molar-refractivity contribution in [3.8, 4) is 0 Å². The van der Waals surface area contributed by atoms with Crippen molar-refractivity contribution in [2.45, 2.75) is 26.8 Å². The van der Waals surface area contributed by atoms with Gasteiger partial charge >= 0.3 is 0 Å². The summed E-state index contributed by atoms with van der Waals surface area (Å²) in [6.07, 6.45) is 1.98. The van der Waals surface area contributed by atoms with E-state index in [0.29, 0.717) is 5.71 Å². The summed E-state index contributed by atoms with van der Waals surface area (Å²) >= 11 is 0. The van der Waals surface area contributed by atoms with Crippen LogP contribution in [0.25, 0.3) is 10.9 Å². The van der Waals surface area contributed by atoms with Crippen LogP contribution in [0.1, 0.15) is 29.4 Å². The van der Waals surface area contributed by atoms with Crippen LogP contribution in [0.3, 0.4) is 0 Å². The van der Waals surface area contributed by atoms with Crippen LogP contribution in [0.4, 0.5) is 0 Å². The Morgan fingerprint density at radius 2 is 1.73 bits per heavy atom. The molecule has 30 heavy (non-hydrogen) atoms. The van der Waals surface area contributed by atoms with E-state index in [4.69, 9.17) is 0 Å². The number of rotatable bonds is 6. The van der Waals surface area contributed by atoms with Crippen molar-refractivity contribution < 1.29 is 4.79 Å². The minimum atomic E-state index is -0.143. The third kappa shape index (κ3) is 4.15. The molecule has 2 heterocycles. The molecule has 0 bridgehead atoms. The van der Waals surface area contributed by atoms with E-state index in [1.54, 1.807) is 6.20 Å². The van der Waals surface area contributed by atoms with Crippen LogP contribution in [0.5, 0.6) is 0 Å². The highest BCUT2D eigenvalue weighted by atomic mass is 16.2. The lowest BCUT2D eigenvalue weighted by atomic mass is 10.1. The van der Waals surface area contributed by atoms with Gasteiger partial charge in [0, 0.05) is 29.3 Å². The second-order valence-corrected chi connectivity index (χ2v) is 7.28. The summed E-state index contributed by atoms with van der Waals surface area (Å²) in [5, 5.41) is 5.33. The average Bonchev–Trinajstić information content (AvgIpc) is 3.05. The molecule has 0 aliphatic heterocycles. The van der Waals surface area contributed by atoms with Gasteiger partial charge in [-0.15, -0.1) is 0 Å². The van der Waals surface area contributed by atoms with Crippen LogP contribution in [0.15, 0.2) is 84.1 Å². The van der Waals surface area contributed by atoms with Gasteiger partial charge in [0.15, 0.2) is 0 Å². The molecular formula is C25H24N4O. The molecule has 4 rings (SSSR count). The molecule has 0 radical (unpaired) electrons. The summed E-state index contributed by atoms with van der Waals surface area (Å²) in [5.74, 6) is -0.143. The van der Waals surface area contributed by atoms with Crippen molar-refractivity contribution in [1.82, 2.24) is 15.0 Å². The van der Waals surface area contributed by atoms with E-state index in [1.807, 2.05) is 55.5 Å². The molecule has 0 fully saturated rings. The first kappa shape index (κ1) is 19.6. The third-order valence-electron chi connectivity index (χ3n) is 5.27. The maximum Gasteiger partial charge on any atom is 0.244 e. The monoisotopic (exact) mass is 396 g/mol. The summed E-state index contributed by atoms with van der Waals surface area (Å²) in [6, 6.07) is 24.2. The highest BCUT2D eigenvalue weighted by Gasteiger charge is 2.16. The minimum absolute atomic E-state index is 0.143. The molecule has 2 aromatic heterocycles. The Bertz CT molecular complexity index is 1190. The summed E-state index contributed by atoms with van der Waals surface area (Å²) in [7, 11) is 0. The van der Waals surface area contributed by atoms with Gasteiger partial charge in [0.1, 0.15) is 0 Å². The van der Waals surface area contributed by atoms with Gasteiger partial charge in [-0.2, -0.15) is 5.10 Å². The zero-order valence-electron chi connectivity index (χ0n) is 17.2. The van der Waals surface area contributed by atoms with Crippen molar-refractivity contribution in [3.63, 3.8) is 0 Å². The molecule has 0 aliphatic carbocycles. The normalized spacial score (nSPS) is 11.6. The molecule has 0 spiro atoms. The highest BCUT2D eigenvalue weighted by Crippen LogP contribution is 2.27. The van der Waals surface area contributed by atoms with Gasteiger partial charge in [0.05, 0.1) is 17.8 Å². The van der Waals surface area contributed by atoms with Crippen LogP contribution < -0.4 is 5.43 Å². The predicted octanol–water partition coefficient (Wildman–Crippen LogP) is 4.48. The molecule has 0 unspecified atom stereocenters. The number of hydrogen-bond donors (Lipinski definition) is 1. The number of nitrogens with one attached hydrogen (secondary N) is 1. The number of aromatic nitrogens is 2. The number of para-hydroxylation sites is 1. The maximum atomic E-state index is 12.7. The lowest BCUT2D eigenvalue weighted by Gasteiger charge is -2.09. The Hall–Kier alpha value is -3.73.